The van der Waals surface area contributed by atoms with Gasteiger partial charge in [-0.25, -0.2) is 9.78 Å². The Morgan fingerprint density at radius 3 is 3.00 bits per heavy atom. The summed E-state index contributed by atoms with van der Waals surface area (Å²) >= 11 is 6.02. The maximum atomic E-state index is 10.6. The van der Waals surface area contributed by atoms with Gasteiger partial charge < -0.3 is 9.67 Å². The molecule has 1 aromatic carbocycles. The van der Waals surface area contributed by atoms with Crippen molar-refractivity contribution in [3.63, 3.8) is 0 Å². The van der Waals surface area contributed by atoms with Crippen LogP contribution in [0.25, 0.3) is 11.8 Å². The number of aryl methyl sites for hydroxylation is 1. The minimum absolute atomic E-state index is 0.596. The summed E-state index contributed by atoms with van der Waals surface area (Å²) in [4.78, 5) is 14.9. The molecule has 98 valence electrons. The van der Waals surface area contributed by atoms with Crippen LogP contribution in [0.4, 0.5) is 0 Å². The first-order valence-corrected chi connectivity index (χ1v) is 6.22. The summed E-state index contributed by atoms with van der Waals surface area (Å²) in [7, 11) is 0. The molecule has 0 aliphatic carbocycles. The SMILES string of the molecule is CCc1nccn1-c1cc(Cl)ccc1/C=C/C(=O)O. The van der Waals surface area contributed by atoms with Gasteiger partial charge in [-0.15, -0.1) is 0 Å². The van der Waals surface area contributed by atoms with Crippen LogP contribution in [0.15, 0.2) is 36.7 Å². The van der Waals surface area contributed by atoms with Gasteiger partial charge >= 0.3 is 5.97 Å². The van der Waals surface area contributed by atoms with Gasteiger partial charge in [0, 0.05) is 29.9 Å². The molecule has 2 rings (SSSR count). The molecule has 19 heavy (non-hydrogen) atoms. The summed E-state index contributed by atoms with van der Waals surface area (Å²) in [5.41, 5.74) is 1.60. The average Bonchev–Trinajstić information content (AvgIpc) is 2.85. The number of carboxylic acids is 1. The van der Waals surface area contributed by atoms with Gasteiger partial charge in [0.25, 0.3) is 0 Å². The molecule has 0 radical (unpaired) electrons. The number of hydrogen-bond donors (Lipinski definition) is 1. The number of aromatic nitrogens is 2. The number of nitrogens with zero attached hydrogens (tertiary/aromatic N) is 2. The summed E-state index contributed by atoms with van der Waals surface area (Å²) < 4.78 is 1.91. The van der Waals surface area contributed by atoms with E-state index in [1.165, 1.54) is 0 Å². The highest BCUT2D eigenvalue weighted by Gasteiger charge is 2.07. The molecule has 5 heteroatoms. The Kier molecular flexibility index (Phi) is 4.02. The van der Waals surface area contributed by atoms with Crippen LogP contribution < -0.4 is 0 Å². The minimum atomic E-state index is -0.984. The van der Waals surface area contributed by atoms with Crippen LogP contribution in [-0.4, -0.2) is 20.6 Å². The van der Waals surface area contributed by atoms with E-state index in [9.17, 15) is 4.79 Å². The van der Waals surface area contributed by atoms with Crippen LogP contribution in [-0.2, 0) is 11.2 Å². The molecule has 0 bridgehead atoms. The lowest BCUT2D eigenvalue weighted by atomic mass is 10.1. The fourth-order valence-corrected chi connectivity index (χ4v) is 2.01. The van der Waals surface area contributed by atoms with Crippen LogP contribution >= 0.6 is 11.6 Å². The Morgan fingerprint density at radius 2 is 2.32 bits per heavy atom. The lowest BCUT2D eigenvalue weighted by Crippen LogP contribution is -2.01. The van der Waals surface area contributed by atoms with Crippen molar-refractivity contribution in [1.82, 2.24) is 9.55 Å². The average molecular weight is 277 g/mol. The molecule has 0 unspecified atom stereocenters. The van der Waals surface area contributed by atoms with E-state index in [0.717, 1.165) is 29.6 Å². The standard InChI is InChI=1S/C14H13ClN2O2/c1-2-13-16-7-8-17(13)12-9-11(15)5-3-10(12)4-6-14(18)19/h3-9H,2H2,1H3,(H,18,19)/b6-4+. The zero-order valence-corrected chi connectivity index (χ0v) is 11.1. The van der Waals surface area contributed by atoms with Crippen molar-refractivity contribution in [1.29, 1.82) is 0 Å². The molecule has 1 N–H and O–H groups in total. The van der Waals surface area contributed by atoms with E-state index in [1.807, 2.05) is 17.7 Å². The highest BCUT2D eigenvalue weighted by Crippen LogP contribution is 2.22. The second-order valence-corrected chi connectivity index (χ2v) is 4.38. The molecular formula is C14H13ClN2O2. The van der Waals surface area contributed by atoms with Crippen LogP contribution in [0.2, 0.25) is 5.02 Å². The third kappa shape index (κ3) is 3.03. The van der Waals surface area contributed by atoms with Crippen molar-refractivity contribution < 1.29 is 9.90 Å². The molecule has 0 amide bonds. The van der Waals surface area contributed by atoms with Gasteiger partial charge in [0.2, 0.25) is 0 Å². The summed E-state index contributed by atoms with van der Waals surface area (Å²) in [6.45, 7) is 2.01. The quantitative estimate of drug-likeness (QED) is 0.873. The molecule has 0 spiro atoms. The second-order valence-electron chi connectivity index (χ2n) is 3.94. The third-order valence-corrected chi connectivity index (χ3v) is 2.93. The van der Waals surface area contributed by atoms with Crippen molar-refractivity contribution in [3.05, 3.63) is 53.1 Å². The maximum Gasteiger partial charge on any atom is 0.328 e. The number of rotatable bonds is 4. The van der Waals surface area contributed by atoms with Gasteiger partial charge in [0.15, 0.2) is 0 Å². The molecule has 0 aliphatic heterocycles. The normalized spacial score (nSPS) is 11.1. The molecule has 0 fully saturated rings. The molecule has 4 nitrogen and oxygen atoms in total. The van der Waals surface area contributed by atoms with Crippen molar-refractivity contribution in [3.8, 4) is 5.69 Å². The number of hydrogen-bond acceptors (Lipinski definition) is 2. The fourth-order valence-electron chi connectivity index (χ4n) is 1.84. The number of carbonyl (C=O) groups is 1. The van der Waals surface area contributed by atoms with E-state index in [2.05, 4.69) is 4.98 Å². The lowest BCUT2D eigenvalue weighted by molar-refractivity contribution is -0.131. The monoisotopic (exact) mass is 276 g/mol. The van der Waals surface area contributed by atoms with Crippen LogP contribution in [0.5, 0.6) is 0 Å². The molecule has 2 aromatic rings. The lowest BCUT2D eigenvalue weighted by Gasteiger charge is -2.10. The number of imidazole rings is 1. The first kappa shape index (κ1) is 13.4. The van der Waals surface area contributed by atoms with Crippen LogP contribution in [0.3, 0.4) is 0 Å². The van der Waals surface area contributed by atoms with E-state index >= 15 is 0 Å². The summed E-state index contributed by atoms with van der Waals surface area (Å²) in [5.74, 6) is -0.0884. The van der Waals surface area contributed by atoms with Gasteiger partial charge in [-0.05, 0) is 23.8 Å². The first-order valence-electron chi connectivity index (χ1n) is 5.85. The third-order valence-electron chi connectivity index (χ3n) is 2.69. The van der Waals surface area contributed by atoms with Gasteiger partial charge in [-0.1, -0.05) is 24.6 Å². The van der Waals surface area contributed by atoms with Crippen molar-refractivity contribution in [2.45, 2.75) is 13.3 Å². The highest BCUT2D eigenvalue weighted by atomic mass is 35.5. The molecule has 1 aromatic heterocycles. The number of aliphatic carboxylic acids is 1. The Bertz CT molecular complexity index is 632. The zero-order chi connectivity index (χ0) is 13.8. The molecule has 1 heterocycles. The molecular weight excluding hydrogens is 264 g/mol. The highest BCUT2D eigenvalue weighted by molar-refractivity contribution is 6.30. The van der Waals surface area contributed by atoms with E-state index in [4.69, 9.17) is 16.7 Å². The topological polar surface area (TPSA) is 55.1 Å². The van der Waals surface area contributed by atoms with Gasteiger partial charge in [-0.2, -0.15) is 0 Å². The number of halogens is 1. The predicted molar refractivity (Wildman–Crippen MR) is 74.6 cm³/mol. The van der Waals surface area contributed by atoms with Crippen LogP contribution in [0, 0.1) is 0 Å². The Labute approximate surface area is 116 Å². The zero-order valence-electron chi connectivity index (χ0n) is 10.4. The van der Waals surface area contributed by atoms with Crippen LogP contribution in [0.1, 0.15) is 18.3 Å². The molecule has 0 atom stereocenters. The van der Waals surface area contributed by atoms with E-state index in [-0.39, 0.29) is 0 Å². The Morgan fingerprint density at radius 1 is 1.53 bits per heavy atom. The number of benzene rings is 1. The van der Waals surface area contributed by atoms with Gasteiger partial charge in [0.05, 0.1) is 5.69 Å². The Hall–Kier alpha value is -2.07. The number of carboxylic acid groups (broad SMARTS) is 1. The Balaban J connectivity index is 2.54. The van der Waals surface area contributed by atoms with Gasteiger partial charge in [-0.3, -0.25) is 0 Å². The van der Waals surface area contributed by atoms with Crippen molar-refractivity contribution in [2.24, 2.45) is 0 Å². The summed E-state index contributed by atoms with van der Waals surface area (Å²) in [6, 6.07) is 5.32. The summed E-state index contributed by atoms with van der Waals surface area (Å²) in [5, 5.41) is 9.32. The second kappa shape index (κ2) is 5.71. The smallest absolute Gasteiger partial charge is 0.328 e. The molecule has 0 aliphatic rings. The van der Waals surface area contributed by atoms with E-state index in [1.54, 1.807) is 30.5 Å². The minimum Gasteiger partial charge on any atom is -0.478 e. The largest absolute Gasteiger partial charge is 0.478 e. The fraction of sp³-hybridized carbons (Fsp3) is 0.143. The maximum absolute atomic E-state index is 10.6. The first-order chi connectivity index (χ1) is 9.11. The van der Waals surface area contributed by atoms with Gasteiger partial charge in [0.1, 0.15) is 5.82 Å². The predicted octanol–water partition coefficient (Wildman–Crippen LogP) is 3.19. The van der Waals surface area contributed by atoms with E-state index < -0.39 is 5.97 Å². The van der Waals surface area contributed by atoms with E-state index in [0.29, 0.717) is 5.02 Å². The molecule has 0 saturated heterocycles. The summed E-state index contributed by atoms with van der Waals surface area (Å²) in [6.07, 6.45) is 6.98. The molecule has 0 saturated carbocycles. The van der Waals surface area contributed by atoms with Crippen molar-refractivity contribution in [2.75, 3.05) is 0 Å². The van der Waals surface area contributed by atoms with Crippen molar-refractivity contribution >= 4 is 23.6 Å².